The molecule has 1 fully saturated rings. The van der Waals surface area contributed by atoms with Crippen molar-refractivity contribution in [3.05, 3.63) is 29.8 Å². The Morgan fingerprint density at radius 1 is 1.26 bits per heavy atom. The van der Waals surface area contributed by atoms with E-state index < -0.39 is 10.1 Å². The van der Waals surface area contributed by atoms with Gasteiger partial charge in [-0.25, -0.2) is 0 Å². The monoisotopic (exact) mass is 284 g/mol. The third-order valence-electron chi connectivity index (χ3n) is 3.59. The van der Waals surface area contributed by atoms with Crippen LogP contribution >= 0.6 is 0 Å². The van der Waals surface area contributed by atoms with Gasteiger partial charge in [0.05, 0.1) is 17.6 Å². The van der Waals surface area contributed by atoms with Crippen molar-refractivity contribution >= 4 is 10.1 Å². The predicted octanol–water partition coefficient (Wildman–Crippen LogP) is 2.25. The molecule has 0 radical (unpaired) electrons. The quantitative estimate of drug-likeness (QED) is 0.842. The van der Waals surface area contributed by atoms with Gasteiger partial charge in [-0.2, -0.15) is 8.42 Å². The summed E-state index contributed by atoms with van der Waals surface area (Å²) < 4.78 is 28.9. The molecule has 0 heterocycles. The average molecular weight is 284 g/mol. The molecule has 2 rings (SSSR count). The van der Waals surface area contributed by atoms with E-state index in [1.165, 1.54) is 0 Å². The van der Waals surface area contributed by atoms with Gasteiger partial charge in [0.25, 0.3) is 10.1 Å². The van der Waals surface area contributed by atoms with Crippen molar-refractivity contribution in [2.75, 3.05) is 6.61 Å². The van der Waals surface area contributed by atoms with E-state index in [0.717, 1.165) is 24.8 Å². The molecule has 1 aromatic carbocycles. The minimum atomic E-state index is -3.64. The second kappa shape index (κ2) is 6.03. The van der Waals surface area contributed by atoms with Crippen LogP contribution in [-0.4, -0.2) is 26.2 Å². The number of hydrogen-bond acceptors (Lipinski definition) is 4. The molecule has 0 aliphatic heterocycles. The van der Waals surface area contributed by atoms with Crippen LogP contribution in [0.25, 0.3) is 0 Å². The maximum Gasteiger partial charge on any atom is 0.296 e. The van der Waals surface area contributed by atoms with Gasteiger partial charge in [0.15, 0.2) is 0 Å². The fraction of sp³-hybridized carbons (Fsp3) is 0.571. The van der Waals surface area contributed by atoms with E-state index >= 15 is 0 Å². The first-order chi connectivity index (χ1) is 8.97. The third-order valence-corrected chi connectivity index (χ3v) is 4.91. The molecule has 4 nitrogen and oxygen atoms in total. The van der Waals surface area contributed by atoms with Crippen LogP contribution in [0, 0.1) is 12.8 Å². The van der Waals surface area contributed by atoms with Gasteiger partial charge in [-0.1, -0.05) is 17.7 Å². The fourth-order valence-electron chi connectivity index (χ4n) is 2.41. The van der Waals surface area contributed by atoms with Crippen molar-refractivity contribution in [1.29, 1.82) is 0 Å². The summed E-state index contributed by atoms with van der Waals surface area (Å²) in [6, 6.07) is 6.63. The minimum Gasteiger partial charge on any atom is -0.393 e. The predicted molar refractivity (Wildman–Crippen MR) is 72.3 cm³/mol. The summed E-state index contributed by atoms with van der Waals surface area (Å²) in [5.41, 5.74) is 1.01. The zero-order valence-electron chi connectivity index (χ0n) is 11.1. The van der Waals surface area contributed by atoms with Gasteiger partial charge in [-0.05, 0) is 50.7 Å². The molecule has 0 saturated heterocycles. The molecule has 1 N–H and O–H groups in total. The topological polar surface area (TPSA) is 63.6 Å². The highest BCUT2D eigenvalue weighted by Crippen LogP contribution is 2.28. The number of aryl methyl sites for hydroxylation is 1. The van der Waals surface area contributed by atoms with Crippen LogP contribution < -0.4 is 0 Å². The maximum atomic E-state index is 11.9. The Morgan fingerprint density at radius 3 is 2.53 bits per heavy atom. The summed E-state index contributed by atoms with van der Waals surface area (Å²) in [4.78, 5) is 0.199. The van der Waals surface area contributed by atoms with Gasteiger partial charge in [0.2, 0.25) is 0 Å². The highest BCUT2D eigenvalue weighted by atomic mass is 32.2. The molecule has 106 valence electrons. The van der Waals surface area contributed by atoms with Crippen LogP contribution in [0.4, 0.5) is 0 Å². The summed E-state index contributed by atoms with van der Waals surface area (Å²) in [5, 5.41) is 9.40. The lowest BCUT2D eigenvalue weighted by atomic mass is 10.1. The van der Waals surface area contributed by atoms with E-state index in [2.05, 4.69) is 0 Å². The van der Waals surface area contributed by atoms with Gasteiger partial charge < -0.3 is 5.11 Å². The van der Waals surface area contributed by atoms with Gasteiger partial charge in [-0.3, -0.25) is 4.18 Å². The second-order valence-corrected chi connectivity index (χ2v) is 6.83. The van der Waals surface area contributed by atoms with Crippen LogP contribution in [0.2, 0.25) is 0 Å². The molecule has 2 atom stereocenters. The van der Waals surface area contributed by atoms with Gasteiger partial charge in [0, 0.05) is 0 Å². The number of hydrogen-bond donors (Lipinski definition) is 1. The Hall–Kier alpha value is -0.910. The van der Waals surface area contributed by atoms with E-state index in [0.29, 0.717) is 12.3 Å². The zero-order valence-corrected chi connectivity index (χ0v) is 11.9. The molecule has 1 aliphatic rings. The molecule has 0 aromatic heterocycles. The number of benzene rings is 1. The number of rotatable bonds is 5. The molecule has 0 amide bonds. The lowest BCUT2D eigenvalue weighted by Gasteiger charge is -2.10. The van der Waals surface area contributed by atoms with Gasteiger partial charge in [0.1, 0.15) is 0 Å². The molecular formula is C14H20O4S. The maximum absolute atomic E-state index is 11.9. The second-order valence-electron chi connectivity index (χ2n) is 5.21. The van der Waals surface area contributed by atoms with E-state index in [1.807, 2.05) is 6.92 Å². The summed E-state index contributed by atoms with van der Waals surface area (Å²) in [5.74, 6) is 0.378. The molecule has 2 unspecified atom stereocenters. The first-order valence-corrected chi connectivity index (χ1v) is 8.02. The fourth-order valence-corrected chi connectivity index (χ4v) is 3.33. The van der Waals surface area contributed by atoms with Crippen LogP contribution in [-0.2, 0) is 14.3 Å². The Bertz CT molecular complexity index is 507. The summed E-state index contributed by atoms with van der Waals surface area (Å²) in [6.45, 7) is 2.09. The molecule has 1 aliphatic carbocycles. The Kier molecular flexibility index (Phi) is 4.60. The highest BCUT2D eigenvalue weighted by Gasteiger charge is 2.23. The minimum absolute atomic E-state index is 0.188. The molecule has 1 saturated carbocycles. The third kappa shape index (κ3) is 4.03. The van der Waals surface area contributed by atoms with Crippen molar-refractivity contribution in [2.24, 2.45) is 5.92 Å². The van der Waals surface area contributed by atoms with E-state index in [-0.39, 0.29) is 17.6 Å². The average Bonchev–Trinajstić information content (AvgIpc) is 2.75. The van der Waals surface area contributed by atoms with E-state index in [4.69, 9.17) is 4.18 Å². The van der Waals surface area contributed by atoms with Gasteiger partial charge >= 0.3 is 0 Å². The first-order valence-electron chi connectivity index (χ1n) is 6.61. The SMILES string of the molecule is Cc1ccc(S(=O)(=O)OCCC2CCC(O)C2)cc1. The molecule has 0 bridgehead atoms. The van der Waals surface area contributed by atoms with Crippen LogP contribution in [0.1, 0.15) is 31.2 Å². The highest BCUT2D eigenvalue weighted by molar-refractivity contribution is 7.86. The molecule has 5 heteroatoms. The van der Waals surface area contributed by atoms with Crippen molar-refractivity contribution in [3.8, 4) is 0 Å². The van der Waals surface area contributed by atoms with Crippen molar-refractivity contribution < 1.29 is 17.7 Å². The largest absolute Gasteiger partial charge is 0.393 e. The Labute approximate surface area is 114 Å². The normalized spacial score (nSPS) is 23.7. The zero-order chi connectivity index (χ0) is 13.9. The van der Waals surface area contributed by atoms with Gasteiger partial charge in [-0.15, -0.1) is 0 Å². The molecule has 1 aromatic rings. The van der Waals surface area contributed by atoms with E-state index in [1.54, 1.807) is 24.3 Å². The number of aliphatic hydroxyl groups is 1. The Morgan fingerprint density at radius 2 is 1.95 bits per heavy atom. The lowest BCUT2D eigenvalue weighted by molar-refractivity contribution is 0.174. The summed E-state index contributed by atoms with van der Waals surface area (Å²) in [7, 11) is -3.64. The van der Waals surface area contributed by atoms with Crippen LogP contribution in [0.3, 0.4) is 0 Å². The molecule has 0 spiro atoms. The summed E-state index contributed by atoms with van der Waals surface area (Å²) in [6.07, 6.45) is 2.99. The van der Waals surface area contributed by atoms with Crippen LogP contribution in [0.15, 0.2) is 29.2 Å². The first kappa shape index (κ1) is 14.5. The smallest absolute Gasteiger partial charge is 0.296 e. The molecule has 19 heavy (non-hydrogen) atoms. The van der Waals surface area contributed by atoms with Crippen molar-refractivity contribution in [2.45, 2.75) is 43.6 Å². The molecular weight excluding hydrogens is 264 g/mol. The Balaban J connectivity index is 1.86. The lowest BCUT2D eigenvalue weighted by Crippen LogP contribution is -2.10. The number of aliphatic hydroxyl groups excluding tert-OH is 1. The van der Waals surface area contributed by atoms with Crippen molar-refractivity contribution in [3.63, 3.8) is 0 Å². The van der Waals surface area contributed by atoms with Crippen molar-refractivity contribution in [1.82, 2.24) is 0 Å². The van der Waals surface area contributed by atoms with Crippen LogP contribution in [0.5, 0.6) is 0 Å². The summed E-state index contributed by atoms with van der Waals surface area (Å²) >= 11 is 0. The standard InChI is InChI=1S/C14H20O4S/c1-11-2-6-14(7-3-11)19(16,17)18-9-8-12-4-5-13(15)10-12/h2-3,6-7,12-13,15H,4-5,8-10H2,1H3. The van der Waals surface area contributed by atoms with E-state index in [9.17, 15) is 13.5 Å².